The molecule has 1 amide bonds. The molecule has 1 aliphatic carbocycles. The summed E-state index contributed by atoms with van der Waals surface area (Å²) in [6, 6.07) is 16.4. The van der Waals surface area contributed by atoms with Crippen molar-refractivity contribution >= 4 is 17.7 Å². The summed E-state index contributed by atoms with van der Waals surface area (Å²) in [5, 5.41) is 15.6. The van der Waals surface area contributed by atoms with Gasteiger partial charge >= 0.3 is 0 Å². The Kier molecular flexibility index (Phi) is 5.43. The highest BCUT2D eigenvalue weighted by molar-refractivity contribution is 8.00. The molecule has 6 nitrogen and oxygen atoms in total. The molecule has 0 bridgehead atoms. The molecule has 0 radical (unpaired) electrons. The number of para-hydroxylation sites is 1. The Balaban J connectivity index is 1.47. The van der Waals surface area contributed by atoms with E-state index in [1.165, 1.54) is 22.9 Å². The lowest BCUT2D eigenvalue weighted by atomic mass is 9.88. The van der Waals surface area contributed by atoms with Gasteiger partial charge in [-0.15, -0.1) is 5.10 Å². The van der Waals surface area contributed by atoms with E-state index in [9.17, 15) is 4.79 Å². The first-order valence-corrected chi connectivity index (χ1v) is 10.4. The number of hydrogen-bond donors (Lipinski definition) is 1. The lowest BCUT2D eigenvalue weighted by molar-refractivity contribution is -0.121. The zero-order valence-corrected chi connectivity index (χ0v) is 16.8. The number of rotatable bonds is 5. The zero-order valence-electron chi connectivity index (χ0n) is 16.0. The van der Waals surface area contributed by atoms with E-state index in [0.29, 0.717) is 5.16 Å². The van der Waals surface area contributed by atoms with Crippen LogP contribution < -0.4 is 5.32 Å². The van der Waals surface area contributed by atoms with Crippen molar-refractivity contribution in [3.05, 3.63) is 65.2 Å². The average molecular weight is 394 g/mol. The quantitative estimate of drug-likeness (QED) is 0.670. The normalized spacial score (nSPS) is 17.0. The Hall–Kier alpha value is -2.67. The van der Waals surface area contributed by atoms with Crippen LogP contribution >= 0.6 is 11.8 Å². The molecule has 28 heavy (non-hydrogen) atoms. The van der Waals surface area contributed by atoms with Crippen LogP contribution in [0.4, 0.5) is 0 Å². The molecular formula is C21H23N5OS. The first kappa shape index (κ1) is 18.7. The average Bonchev–Trinajstić information content (AvgIpc) is 3.16. The third-order valence-corrected chi connectivity index (χ3v) is 6.15. The maximum absolute atomic E-state index is 12.9. The summed E-state index contributed by atoms with van der Waals surface area (Å²) in [7, 11) is 0. The third kappa shape index (κ3) is 3.80. The molecule has 0 unspecified atom stereocenters. The number of carbonyl (C=O) groups is 1. The van der Waals surface area contributed by atoms with Crippen LogP contribution in [0.5, 0.6) is 0 Å². The number of aromatic nitrogens is 4. The van der Waals surface area contributed by atoms with E-state index in [-0.39, 0.29) is 17.2 Å². The van der Waals surface area contributed by atoms with E-state index >= 15 is 0 Å². The molecule has 2 aromatic carbocycles. The first-order valence-electron chi connectivity index (χ1n) is 9.52. The van der Waals surface area contributed by atoms with Gasteiger partial charge < -0.3 is 5.32 Å². The van der Waals surface area contributed by atoms with Crippen LogP contribution in [0, 0.1) is 6.92 Å². The predicted molar refractivity (Wildman–Crippen MR) is 109 cm³/mol. The fourth-order valence-electron chi connectivity index (χ4n) is 3.61. The van der Waals surface area contributed by atoms with Gasteiger partial charge in [0, 0.05) is 0 Å². The monoisotopic (exact) mass is 393 g/mol. The Labute approximate surface area is 168 Å². The standard InChI is InChI=1S/C21H23N5OS/c1-14-8-3-6-13-19(14)26-21(23-24-25-26)28-15(2)20(27)22-18-12-7-10-16-9-4-5-11-17(16)18/h3-6,8-9,11,13,15,18H,7,10,12H2,1-2H3,(H,22,27)/t15-,18-/m0/s1. The van der Waals surface area contributed by atoms with Gasteiger partial charge in [-0.05, 0) is 66.3 Å². The second-order valence-corrected chi connectivity index (χ2v) is 8.38. The van der Waals surface area contributed by atoms with Gasteiger partial charge in [-0.2, -0.15) is 4.68 Å². The molecule has 1 aliphatic rings. The van der Waals surface area contributed by atoms with E-state index < -0.39 is 0 Å². The van der Waals surface area contributed by atoms with Gasteiger partial charge in [-0.1, -0.05) is 54.2 Å². The fraction of sp³-hybridized carbons (Fsp3) is 0.333. The lowest BCUT2D eigenvalue weighted by Crippen LogP contribution is -2.36. The summed E-state index contributed by atoms with van der Waals surface area (Å²) in [5.74, 6) is 0.00559. The van der Waals surface area contributed by atoms with Gasteiger partial charge in [0.25, 0.3) is 0 Å². The highest BCUT2D eigenvalue weighted by Crippen LogP contribution is 2.30. The van der Waals surface area contributed by atoms with Crippen LogP contribution in [0.25, 0.3) is 5.69 Å². The van der Waals surface area contributed by atoms with E-state index in [0.717, 1.165) is 30.5 Å². The second kappa shape index (κ2) is 8.14. The van der Waals surface area contributed by atoms with Crippen molar-refractivity contribution in [2.75, 3.05) is 0 Å². The highest BCUT2D eigenvalue weighted by Gasteiger charge is 2.25. The number of benzene rings is 2. The fourth-order valence-corrected chi connectivity index (χ4v) is 4.42. The SMILES string of the molecule is Cc1ccccc1-n1nnnc1S[C@@H](C)C(=O)N[C@H]1CCCc2ccccc21. The molecule has 0 spiro atoms. The molecule has 0 saturated carbocycles. The van der Waals surface area contributed by atoms with Crippen molar-refractivity contribution in [1.29, 1.82) is 0 Å². The number of tetrazole rings is 1. The second-order valence-electron chi connectivity index (χ2n) is 7.07. The molecule has 144 valence electrons. The Morgan fingerprint density at radius 1 is 1.21 bits per heavy atom. The molecule has 4 rings (SSSR count). The van der Waals surface area contributed by atoms with Crippen molar-refractivity contribution in [3.63, 3.8) is 0 Å². The van der Waals surface area contributed by atoms with Crippen molar-refractivity contribution in [2.45, 2.75) is 49.6 Å². The number of fused-ring (bicyclic) bond motifs is 1. The number of carbonyl (C=O) groups excluding carboxylic acids is 1. The van der Waals surface area contributed by atoms with Gasteiger partial charge in [0.1, 0.15) is 0 Å². The number of hydrogen-bond acceptors (Lipinski definition) is 5. The zero-order chi connectivity index (χ0) is 19.5. The molecule has 1 heterocycles. The molecule has 1 aromatic heterocycles. The minimum Gasteiger partial charge on any atom is -0.348 e. The summed E-state index contributed by atoms with van der Waals surface area (Å²) in [6.07, 6.45) is 3.15. The number of thioether (sulfide) groups is 1. The maximum Gasteiger partial charge on any atom is 0.233 e. The molecule has 2 atom stereocenters. The summed E-state index contributed by atoms with van der Waals surface area (Å²) < 4.78 is 1.69. The number of aryl methyl sites for hydroxylation is 2. The van der Waals surface area contributed by atoms with E-state index in [2.05, 4.69) is 39.0 Å². The summed E-state index contributed by atoms with van der Waals surface area (Å²) >= 11 is 1.37. The minimum atomic E-state index is -0.303. The van der Waals surface area contributed by atoms with E-state index in [1.54, 1.807) is 4.68 Å². The summed E-state index contributed by atoms with van der Waals surface area (Å²) in [5.41, 5.74) is 4.57. The molecule has 7 heteroatoms. The van der Waals surface area contributed by atoms with Crippen molar-refractivity contribution in [2.24, 2.45) is 0 Å². The molecule has 1 N–H and O–H groups in total. The summed E-state index contributed by atoms with van der Waals surface area (Å²) in [6.45, 7) is 3.91. The van der Waals surface area contributed by atoms with Crippen molar-refractivity contribution in [3.8, 4) is 5.69 Å². The van der Waals surface area contributed by atoms with Crippen molar-refractivity contribution in [1.82, 2.24) is 25.5 Å². The van der Waals surface area contributed by atoms with Crippen LogP contribution in [0.3, 0.4) is 0 Å². The largest absolute Gasteiger partial charge is 0.348 e. The molecule has 3 aromatic rings. The Morgan fingerprint density at radius 3 is 2.86 bits per heavy atom. The van der Waals surface area contributed by atoms with Crippen LogP contribution in [0.2, 0.25) is 0 Å². The number of nitrogens with zero attached hydrogens (tertiary/aromatic N) is 4. The van der Waals surface area contributed by atoms with Crippen LogP contribution in [0.15, 0.2) is 53.7 Å². The third-order valence-electron chi connectivity index (χ3n) is 5.12. The predicted octanol–water partition coefficient (Wildman–Crippen LogP) is 3.65. The van der Waals surface area contributed by atoms with Crippen molar-refractivity contribution < 1.29 is 4.79 Å². The maximum atomic E-state index is 12.9. The lowest BCUT2D eigenvalue weighted by Gasteiger charge is -2.27. The number of amides is 1. The Morgan fingerprint density at radius 2 is 2.00 bits per heavy atom. The van der Waals surface area contributed by atoms with Gasteiger partial charge in [0.05, 0.1) is 17.0 Å². The molecule has 0 saturated heterocycles. The molecule has 0 aliphatic heterocycles. The number of nitrogens with one attached hydrogen (secondary N) is 1. The Bertz CT molecular complexity index is 986. The highest BCUT2D eigenvalue weighted by atomic mass is 32.2. The molecular weight excluding hydrogens is 370 g/mol. The van der Waals surface area contributed by atoms with Gasteiger partial charge in [0.2, 0.25) is 11.1 Å². The first-order chi connectivity index (χ1) is 13.6. The topological polar surface area (TPSA) is 72.7 Å². The molecule has 0 fully saturated rings. The van der Waals surface area contributed by atoms with Gasteiger partial charge in [-0.3, -0.25) is 4.79 Å². The van der Waals surface area contributed by atoms with Crippen LogP contribution in [0.1, 0.15) is 42.5 Å². The van der Waals surface area contributed by atoms with Crippen LogP contribution in [-0.2, 0) is 11.2 Å². The minimum absolute atomic E-state index is 0.00559. The summed E-state index contributed by atoms with van der Waals surface area (Å²) in [4.78, 5) is 12.9. The van der Waals surface area contributed by atoms with E-state index in [1.807, 2.05) is 44.2 Å². The van der Waals surface area contributed by atoms with Gasteiger partial charge in [-0.25, -0.2) is 0 Å². The van der Waals surface area contributed by atoms with Gasteiger partial charge in [0.15, 0.2) is 0 Å². The van der Waals surface area contributed by atoms with E-state index in [4.69, 9.17) is 0 Å². The smallest absolute Gasteiger partial charge is 0.233 e. The van der Waals surface area contributed by atoms with Crippen LogP contribution in [-0.4, -0.2) is 31.4 Å².